The quantitative estimate of drug-likeness (QED) is 0.296. The van der Waals surface area contributed by atoms with E-state index in [1.54, 1.807) is 0 Å². The Morgan fingerprint density at radius 3 is 2.66 bits per heavy atom. The molecule has 2 aromatic carbocycles. The number of Topliss-reactive ketones (excluding diaryl/α,β-unsaturated/α-hetero) is 1. The normalized spacial score (nSPS) is 11.2. The zero-order valence-corrected chi connectivity index (χ0v) is 16.9. The monoisotopic (exact) mass is 468 g/mol. The molecule has 0 amide bonds. The van der Waals surface area contributed by atoms with Gasteiger partial charge in [0.25, 0.3) is 0 Å². The first-order chi connectivity index (χ1) is 15.0. The molecule has 0 aliphatic carbocycles. The first kappa shape index (κ1) is 23.0. The maximum absolute atomic E-state index is 14.6. The maximum Gasteiger partial charge on any atom is 0.573 e. The summed E-state index contributed by atoms with van der Waals surface area (Å²) in [5.74, 6) is -0.450. The topological polar surface area (TPSA) is 80.4 Å². The molecule has 6 nitrogen and oxygen atoms in total. The zero-order chi connectivity index (χ0) is 23.6. The standard InChI is InChI=1S/C21H13ClF4N2O4/c1-3-7-31-19-13(22)9-14(23)17-16(19)18(30)15(10(2)29)20(28-17)27-11-5-4-6-12(8-11)32-21(24,25)26/h1,4-6,8-9H,7H2,2H3,(H2,27,28,30). The Kier molecular flexibility index (Phi) is 6.32. The third-order valence-electron chi connectivity index (χ3n) is 4.13. The van der Waals surface area contributed by atoms with Crippen LogP contribution in [0.25, 0.3) is 10.9 Å². The van der Waals surface area contributed by atoms with Crippen LogP contribution >= 0.6 is 11.6 Å². The van der Waals surface area contributed by atoms with Gasteiger partial charge in [-0.15, -0.1) is 19.6 Å². The molecule has 32 heavy (non-hydrogen) atoms. The van der Waals surface area contributed by atoms with Gasteiger partial charge in [0, 0.05) is 11.8 Å². The van der Waals surface area contributed by atoms with Crippen LogP contribution in [0, 0.1) is 18.2 Å². The second-order valence-electron chi connectivity index (χ2n) is 6.37. The van der Waals surface area contributed by atoms with E-state index in [1.807, 2.05) is 0 Å². The summed E-state index contributed by atoms with van der Waals surface area (Å²) >= 11 is 6.00. The molecule has 2 N–H and O–H groups in total. The summed E-state index contributed by atoms with van der Waals surface area (Å²) in [5.41, 5.74) is -1.65. The number of carbonyl (C=O) groups is 1. The van der Waals surface area contributed by atoms with Crippen LogP contribution < -0.4 is 20.2 Å². The lowest BCUT2D eigenvalue weighted by Gasteiger charge is -2.16. The number of H-pyrrole nitrogens is 1. The molecule has 3 rings (SSSR count). The number of ketones is 1. The van der Waals surface area contributed by atoms with Crippen LogP contribution in [-0.4, -0.2) is 23.7 Å². The minimum absolute atomic E-state index is 0.0300. The molecule has 3 aromatic rings. The highest BCUT2D eigenvalue weighted by molar-refractivity contribution is 6.33. The fourth-order valence-electron chi connectivity index (χ4n) is 2.97. The smallest absolute Gasteiger partial charge is 0.479 e. The van der Waals surface area contributed by atoms with E-state index in [2.05, 4.69) is 21.0 Å². The van der Waals surface area contributed by atoms with Gasteiger partial charge in [0.05, 0.1) is 15.9 Å². The lowest BCUT2D eigenvalue weighted by Crippen LogP contribution is -2.19. The van der Waals surface area contributed by atoms with E-state index >= 15 is 0 Å². The number of terminal acetylenes is 1. The Morgan fingerprint density at radius 1 is 1.31 bits per heavy atom. The van der Waals surface area contributed by atoms with Gasteiger partial charge in [0.1, 0.15) is 29.6 Å². The summed E-state index contributed by atoms with van der Waals surface area (Å²) in [6, 6.07) is 5.54. The maximum atomic E-state index is 14.6. The molecule has 0 saturated carbocycles. The minimum atomic E-state index is -4.92. The molecule has 0 fully saturated rings. The predicted octanol–water partition coefficient (Wildman–Crippen LogP) is 5.18. The molecule has 0 unspecified atom stereocenters. The van der Waals surface area contributed by atoms with Crippen molar-refractivity contribution in [3.8, 4) is 23.8 Å². The highest BCUT2D eigenvalue weighted by Gasteiger charge is 2.31. The number of halogens is 5. The fourth-order valence-corrected chi connectivity index (χ4v) is 3.21. The molecule has 0 aliphatic heterocycles. The van der Waals surface area contributed by atoms with Gasteiger partial charge in [-0.05, 0) is 25.1 Å². The molecule has 0 spiro atoms. The number of carbonyl (C=O) groups excluding carboxylic acids is 1. The van der Waals surface area contributed by atoms with Gasteiger partial charge >= 0.3 is 6.36 Å². The summed E-state index contributed by atoms with van der Waals surface area (Å²) in [7, 11) is 0. The van der Waals surface area contributed by atoms with Gasteiger partial charge in [0.2, 0.25) is 5.43 Å². The Hall–Kier alpha value is -3.71. The molecule has 0 saturated heterocycles. The highest BCUT2D eigenvalue weighted by Crippen LogP contribution is 2.35. The van der Waals surface area contributed by atoms with E-state index < -0.39 is 34.7 Å². The van der Waals surface area contributed by atoms with Gasteiger partial charge < -0.3 is 19.8 Å². The summed E-state index contributed by atoms with van der Waals surface area (Å²) in [6.45, 7) is 0.814. The number of hydrogen-bond acceptors (Lipinski definition) is 5. The van der Waals surface area contributed by atoms with Crippen molar-refractivity contribution in [2.75, 3.05) is 11.9 Å². The van der Waals surface area contributed by atoms with Crippen molar-refractivity contribution < 1.29 is 31.8 Å². The largest absolute Gasteiger partial charge is 0.573 e. The van der Waals surface area contributed by atoms with Gasteiger partial charge in [-0.3, -0.25) is 9.59 Å². The SMILES string of the molecule is C#CCOc1c(Cl)cc(F)c2[nH]c(Nc3cccc(OC(F)(F)F)c3)c(C(C)=O)c(=O)c12. The molecule has 0 aliphatic rings. The van der Waals surface area contributed by atoms with E-state index in [-0.39, 0.29) is 39.8 Å². The van der Waals surface area contributed by atoms with E-state index in [0.717, 1.165) is 25.1 Å². The number of aromatic amines is 1. The second-order valence-corrected chi connectivity index (χ2v) is 6.78. The average molecular weight is 469 g/mol. The molecule has 166 valence electrons. The van der Waals surface area contributed by atoms with Crippen molar-refractivity contribution in [1.82, 2.24) is 4.98 Å². The number of benzene rings is 2. The van der Waals surface area contributed by atoms with Crippen molar-refractivity contribution in [3.63, 3.8) is 0 Å². The second kappa shape index (κ2) is 8.80. The molecule has 11 heteroatoms. The van der Waals surface area contributed by atoms with Crippen LogP contribution in [0.2, 0.25) is 5.02 Å². The number of ether oxygens (including phenoxy) is 2. The summed E-state index contributed by atoms with van der Waals surface area (Å²) in [5, 5.41) is 2.05. The Labute approximate surface area is 183 Å². The van der Waals surface area contributed by atoms with Crippen molar-refractivity contribution in [2.24, 2.45) is 0 Å². The number of rotatable bonds is 6. The first-order valence-corrected chi connectivity index (χ1v) is 9.17. The van der Waals surface area contributed by atoms with Crippen LogP contribution in [0.3, 0.4) is 0 Å². The van der Waals surface area contributed by atoms with Gasteiger partial charge in [-0.1, -0.05) is 23.6 Å². The lowest BCUT2D eigenvalue weighted by atomic mass is 10.1. The number of nitrogens with one attached hydrogen (secondary N) is 2. The molecular weight excluding hydrogens is 456 g/mol. The number of hydrogen-bond donors (Lipinski definition) is 2. The van der Waals surface area contributed by atoms with Crippen LogP contribution in [0.5, 0.6) is 11.5 Å². The van der Waals surface area contributed by atoms with E-state index in [4.69, 9.17) is 22.8 Å². The van der Waals surface area contributed by atoms with E-state index in [1.165, 1.54) is 12.1 Å². The number of pyridine rings is 1. The highest BCUT2D eigenvalue weighted by atomic mass is 35.5. The molecular formula is C21H13ClF4N2O4. The summed E-state index contributed by atoms with van der Waals surface area (Å²) in [4.78, 5) is 27.9. The molecule has 1 aromatic heterocycles. The fraction of sp³-hybridized carbons (Fsp3) is 0.143. The number of fused-ring (bicyclic) bond motifs is 1. The molecule has 1 heterocycles. The number of anilines is 2. The van der Waals surface area contributed by atoms with Gasteiger partial charge in [0.15, 0.2) is 11.5 Å². The summed E-state index contributed by atoms with van der Waals surface area (Å²) in [6.07, 6.45) is 0.235. The minimum Gasteiger partial charge on any atom is -0.479 e. The average Bonchev–Trinajstić information content (AvgIpc) is 2.67. The van der Waals surface area contributed by atoms with Crippen molar-refractivity contribution in [2.45, 2.75) is 13.3 Å². The van der Waals surface area contributed by atoms with Crippen LogP contribution in [0.4, 0.5) is 29.1 Å². The van der Waals surface area contributed by atoms with Crippen molar-refractivity contribution in [1.29, 1.82) is 0 Å². The Morgan fingerprint density at radius 2 is 2.03 bits per heavy atom. The summed E-state index contributed by atoms with van der Waals surface area (Å²) < 4.78 is 61.2. The van der Waals surface area contributed by atoms with E-state index in [0.29, 0.717) is 0 Å². The Balaban J connectivity index is 2.20. The van der Waals surface area contributed by atoms with E-state index in [9.17, 15) is 27.2 Å². The molecule has 0 radical (unpaired) electrons. The third-order valence-corrected chi connectivity index (χ3v) is 4.41. The third kappa shape index (κ3) is 4.78. The number of aromatic nitrogens is 1. The van der Waals surface area contributed by atoms with Crippen molar-refractivity contribution >= 4 is 39.8 Å². The van der Waals surface area contributed by atoms with Gasteiger partial charge in [-0.2, -0.15) is 0 Å². The van der Waals surface area contributed by atoms with Crippen LogP contribution in [0.1, 0.15) is 17.3 Å². The molecule has 0 bridgehead atoms. The Bertz CT molecular complexity index is 1310. The molecule has 0 atom stereocenters. The van der Waals surface area contributed by atoms with Crippen molar-refractivity contribution in [3.05, 3.63) is 57.0 Å². The predicted molar refractivity (Wildman–Crippen MR) is 110 cm³/mol. The van der Waals surface area contributed by atoms with Gasteiger partial charge in [-0.25, -0.2) is 4.39 Å². The first-order valence-electron chi connectivity index (χ1n) is 8.80. The van der Waals surface area contributed by atoms with Crippen LogP contribution in [-0.2, 0) is 0 Å². The van der Waals surface area contributed by atoms with Crippen LogP contribution in [0.15, 0.2) is 35.1 Å². The lowest BCUT2D eigenvalue weighted by molar-refractivity contribution is -0.274. The zero-order valence-electron chi connectivity index (χ0n) is 16.2. The number of alkyl halides is 3.